The first-order chi connectivity index (χ1) is 14.9. The number of rotatable bonds is 8. The van der Waals surface area contributed by atoms with Crippen LogP contribution in [0.2, 0.25) is 0 Å². The van der Waals surface area contributed by atoms with Crippen LogP contribution in [0.5, 0.6) is 0 Å². The van der Waals surface area contributed by atoms with Crippen LogP contribution in [0.4, 0.5) is 0 Å². The Morgan fingerprint density at radius 1 is 1.16 bits per heavy atom. The molecule has 1 aromatic heterocycles. The smallest absolute Gasteiger partial charge is 0.272 e. The number of nitrogens with one attached hydrogen (secondary N) is 2. The summed E-state index contributed by atoms with van der Waals surface area (Å²) in [7, 11) is 0. The second kappa shape index (κ2) is 10.2. The van der Waals surface area contributed by atoms with Crippen molar-refractivity contribution in [1.29, 1.82) is 0 Å². The molecule has 0 fully saturated rings. The first-order valence-corrected chi connectivity index (χ1v) is 10.9. The highest BCUT2D eigenvalue weighted by molar-refractivity contribution is 5.99. The van der Waals surface area contributed by atoms with E-state index in [9.17, 15) is 14.4 Å². The van der Waals surface area contributed by atoms with E-state index in [-0.39, 0.29) is 23.4 Å². The lowest BCUT2D eigenvalue weighted by Crippen LogP contribution is -2.49. The Balaban J connectivity index is 1.74. The van der Waals surface area contributed by atoms with Gasteiger partial charge >= 0.3 is 0 Å². The number of aromatic nitrogens is 2. The van der Waals surface area contributed by atoms with Gasteiger partial charge in [-0.1, -0.05) is 51.1 Å². The van der Waals surface area contributed by atoms with Gasteiger partial charge in [-0.3, -0.25) is 19.1 Å². The third-order valence-corrected chi connectivity index (χ3v) is 5.32. The summed E-state index contributed by atoms with van der Waals surface area (Å²) in [4.78, 5) is 40.1. The molecule has 1 aliphatic rings. The number of benzene rings is 1. The lowest BCUT2D eigenvalue weighted by Gasteiger charge is -2.21. The van der Waals surface area contributed by atoms with Crippen LogP contribution in [0.15, 0.2) is 36.4 Å². The van der Waals surface area contributed by atoms with E-state index in [0.717, 1.165) is 18.4 Å². The van der Waals surface area contributed by atoms with Crippen molar-refractivity contribution in [2.75, 3.05) is 13.1 Å². The number of amides is 3. The van der Waals surface area contributed by atoms with Gasteiger partial charge in [0.1, 0.15) is 11.7 Å². The van der Waals surface area contributed by atoms with Crippen LogP contribution < -0.4 is 10.6 Å². The Bertz CT molecular complexity index is 923. The summed E-state index contributed by atoms with van der Waals surface area (Å²) in [6.07, 6.45) is 1.57. The zero-order valence-electron chi connectivity index (χ0n) is 18.4. The fourth-order valence-electron chi connectivity index (χ4n) is 3.61. The van der Waals surface area contributed by atoms with Crippen molar-refractivity contribution < 1.29 is 14.4 Å². The van der Waals surface area contributed by atoms with Crippen LogP contribution in [0, 0.1) is 5.92 Å². The monoisotopic (exact) mass is 425 g/mol. The van der Waals surface area contributed by atoms with Crippen molar-refractivity contribution >= 4 is 17.7 Å². The Labute approximate surface area is 183 Å². The third-order valence-electron chi connectivity index (χ3n) is 5.32. The predicted molar refractivity (Wildman–Crippen MR) is 117 cm³/mol. The van der Waals surface area contributed by atoms with Crippen molar-refractivity contribution in [2.45, 2.75) is 52.7 Å². The molecule has 3 rings (SSSR count). The molecule has 2 heterocycles. The molecule has 1 aliphatic heterocycles. The average molecular weight is 426 g/mol. The standard InChI is InChI=1S/C23H31N5O3/c1-4-11-24-22(30)20(16(2)3)25-21(29)18-14-19-23(31)27(12-8-13-28(19)26-18)15-17-9-6-5-7-10-17/h5-7,9-10,14,16,20H,4,8,11-13,15H2,1-3H3,(H,24,30)(H,25,29). The summed E-state index contributed by atoms with van der Waals surface area (Å²) in [5, 5.41) is 9.97. The molecule has 1 unspecified atom stereocenters. The molecule has 166 valence electrons. The zero-order chi connectivity index (χ0) is 22.4. The highest BCUT2D eigenvalue weighted by Crippen LogP contribution is 2.17. The lowest BCUT2D eigenvalue weighted by molar-refractivity contribution is -0.123. The maximum absolute atomic E-state index is 13.1. The first-order valence-electron chi connectivity index (χ1n) is 10.9. The van der Waals surface area contributed by atoms with Gasteiger partial charge in [0, 0.05) is 32.2 Å². The summed E-state index contributed by atoms with van der Waals surface area (Å²) in [6, 6.07) is 10.7. The fraction of sp³-hybridized carbons (Fsp3) is 0.478. The van der Waals surface area contributed by atoms with Gasteiger partial charge in [-0.25, -0.2) is 0 Å². The molecular weight excluding hydrogens is 394 g/mol. The van der Waals surface area contributed by atoms with E-state index in [4.69, 9.17) is 0 Å². The van der Waals surface area contributed by atoms with Crippen LogP contribution in [0.1, 0.15) is 60.2 Å². The summed E-state index contributed by atoms with van der Waals surface area (Å²) in [5.74, 6) is -0.886. The van der Waals surface area contributed by atoms with Crippen molar-refractivity contribution in [2.24, 2.45) is 5.92 Å². The normalized spacial score (nSPS) is 14.7. The minimum atomic E-state index is -0.661. The van der Waals surface area contributed by atoms with Gasteiger partial charge in [-0.05, 0) is 24.3 Å². The molecule has 8 nitrogen and oxygen atoms in total. The molecule has 2 aromatic rings. The topological polar surface area (TPSA) is 96.3 Å². The van der Waals surface area contributed by atoms with E-state index < -0.39 is 11.9 Å². The van der Waals surface area contributed by atoms with Crippen molar-refractivity contribution in [1.82, 2.24) is 25.3 Å². The molecule has 2 N–H and O–H groups in total. The number of aryl methyl sites for hydroxylation is 1. The molecule has 1 aromatic carbocycles. The quantitative estimate of drug-likeness (QED) is 0.678. The van der Waals surface area contributed by atoms with E-state index in [1.165, 1.54) is 6.07 Å². The molecule has 0 aliphatic carbocycles. The summed E-state index contributed by atoms with van der Waals surface area (Å²) >= 11 is 0. The van der Waals surface area contributed by atoms with E-state index in [1.807, 2.05) is 51.1 Å². The number of fused-ring (bicyclic) bond motifs is 1. The largest absolute Gasteiger partial charge is 0.354 e. The molecule has 3 amide bonds. The van der Waals surface area contributed by atoms with Crippen molar-refractivity contribution in [3.63, 3.8) is 0 Å². The van der Waals surface area contributed by atoms with Gasteiger partial charge in [0.2, 0.25) is 5.91 Å². The van der Waals surface area contributed by atoms with E-state index in [0.29, 0.717) is 31.9 Å². The van der Waals surface area contributed by atoms with E-state index in [2.05, 4.69) is 15.7 Å². The summed E-state index contributed by atoms with van der Waals surface area (Å²) in [6.45, 7) is 7.99. The molecule has 0 bridgehead atoms. The molecule has 0 radical (unpaired) electrons. The molecule has 0 saturated carbocycles. The van der Waals surface area contributed by atoms with Gasteiger partial charge in [-0.2, -0.15) is 5.10 Å². The van der Waals surface area contributed by atoms with Crippen LogP contribution in [0.25, 0.3) is 0 Å². The Kier molecular flexibility index (Phi) is 7.44. The van der Waals surface area contributed by atoms with Gasteiger partial charge in [0.05, 0.1) is 0 Å². The first kappa shape index (κ1) is 22.5. The molecule has 0 saturated heterocycles. The SMILES string of the molecule is CCCNC(=O)C(NC(=O)c1cc2n(n1)CCCN(Cc1ccccc1)C2=O)C(C)C. The van der Waals surface area contributed by atoms with Gasteiger partial charge in [0.25, 0.3) is 11.8 Å². The second-order valence-electron chi connectivity index (χ2n) is 8.19. The Morgan fingerprint density at radius 3 is 2.58 bits per heavy atom. The molecule has 1 atom stereocenters. The lowest BCUT2D eigenvalue weighted by atomic mass is 10.0. The Hall–Kier alpha value is -3.16. The minimum absolute atomic E-state index is 0.0794. The summed E-state index contributed by atoms with van der Waals surface area (Å²) < 4.78 is 1.60. The highest BCUT2D eigenvalue weighted by atomic mass is 16.2. The van der Waals surface area contributed by atoms with Gasteiger partial charge in [0.15, 0.2) is 5.69 Å². The molecular formula is C23H31N5O3. The number of carbonyl (C=O) groups is 3. The fourth-order valence-corrected chi connectivity index (χ4v) is 3.61. The second-order valence-corrected chi connectivity index (χ2v) is 8.19. The molecule has 8 heteroatoms. The van der Waals surface area contributed by atoms with Gasteiger partial charge < -0.3 is 15.5 Å². The predicted octanol–water partition coefficient (Wildman–Crippen LogP) is 2.21. The molecule has 31 heavy (non-hydrogen) atoms. The number of hydrogen-bond donors (Lipinski definition) is 2. The average Bonchev–Trinajstić information content (AvgIpc) is 3.13. The van der Waals surface area contributed by atoms with Crippen molar-refractivity contribution in [3.8, 4) is 0 Å². The van der Waals surface area contributed by atoms with E-state index >= 15 is 0 Å². The van der Waals surface area contributed by atoms with E-state index in [1.54, 1.807) is 9.58 Å². The van der Waals surface area contributed by atoms with Crippen LogP contribution >= 0.6 is 0 Å². The van der Waals surface area contributed by atoms with Crippen LogP contribution in [-0.4, -0.2) is 51.5 Å². The van der Waals surface area contributed by atoms with Crippen molar-refractivity contribution in [3.05, 3.63) is 53.3 Å². The Morgan fingerprint density at radius 2 is 1.90 bits per heavy atom. The zero-order valence-corrected chi connectivity index (χ0v) is 18.4. The van der Waals surface area contributed by atoms with Crippen LogP contribution in [-0.2, 0) is 17.9 Å². The number of nitrogens with zero attached hydrogens (tertiary/aromatic N) is 3. The minimum Gasteiger partial charge on any atom is -0.354 e. The number of hydrogen-bond acceptors (Lipinski definition) is 4. The number of carbonyl (C=O) groups excluding carboxylic acids is 3. The molecule has 0 spiro atoms. The summed E-state index contributed by atoms with van der Waals surface area (Å²) in [5.41, 5.74) is 1.61. The maximum atomic E-state index is 13.1. The maximum Gasteiger partial charge on any atom is 0.272 e. The van der Waals surface area contributed by atoms with Gasteiger partial charge in [-0.15, -0.1) is 0 Å². The van der Waals surface area contributed by atoms with Crippen LogP contribution in [0.3, 0.4) is 0 Å². The highest BCUT2D eigenvalue weighted by Gasteiger charge is 2.29. The third kappa shape index (κ3) is 5.51.